The van der Waals surface area contributed by atoms with Gasteiger partial charge in [-0.3, -0.25) is 4.79 Å². The zero-order chi connectivity index (χ0) is 15.2. The quantitative estimate of drug-likeness (QED) is 0.860. The molecule has 0 spiro atoms. The average molecular weight is 324 g/mol. The number of esters is 1. The summed E-state index contributed by atoms with van der Waals surface area (Å²) in [5.74, 6) is -0.885. The summed E-state index contributed by atoms with van der Waals surface area (Å²) in [7, 11) is 0. The standard InChI is InChI=1S/C15H14ClNO3S/c1-10-2-4-11(5-3-10)8-17-14(18)9-20-15(19)12-6-7-13(16)21-12/h2-7H,8-9H2,1H3,(H,17,18). The maximum Gasteiger partial charge on any atom is 0.348 e. The second kappa shape index (κ2) is 7.24. The number of hydrogen-bond donors (Lipinski definition) is 1. The summed E-state index contributed by atoms with van der Waals surface area (Å²) < 4.78 is 5.42. The van der Waals surface area contributed by atoms with Crippen LogP contribution in [0.15, 0.2) is 36.4 Å². The molecule has 0 aliphatic rings. The third-order valence-corrected chi connectivity index (χ3v) is 3.93. The first-order valence-corrected chi connectivity index (χ1v) is 7.49. The number of nitrogens with one attached hydrogen (secondary N) is 1. The molecule has 0 aliphatic heterocycles. The molecular weight excluding hydrogens is 310 g/mol. The van der Waals surface area contributed by atoms with Crippen molar-refractivity contribution in [1.82, 2.24) is 5.32 Å². The van der Waals surface area contributed by atoms with Gasteiger partial charge in [-0.1, -0.05) is 41.4 Å². The molecule has 110 valence electrons. The van der Waals surface area contributed by atoms with E-state index in [0.29, 0.717) is 15.8 Å². The normalized spacial score (nSPS) is 10.2. The number of hydrogen-bond acceptors (Lipinski definition) is 4. The van der Waals surface area contributed by atoms with Gasteiger partial charge in [0.2, 0.25) is 0 Å². The van der Waals surface area contributed by atoms with Crippen LogP contribution in [0.3, 0.4) is 0 Å². The van der Waals surface area contributed by atoms with Crippen LogP contribution >= 0.6 is 22.9 Å². The lowest BCUT2D eigenvalue weighted by Crippen LogP contribution is -2.28. The molecule has 1 amide bonds. The zero-order valence-corrected chi connectivity index (χ0v) is 13.0. The lowest BCUT2D eigenvalue weighted by atomic mass is 10.1. The van der Waals surface area contributed by atoms with Gasteiger partial charge in [-0.15, -0.1) is 11.3 Å². The van der Waals surface area contributed by atoms with Gasteiger partial charge in [0, 0.05) is 6.54 Å². The topological polar surface area (TPSA) is 55.4 Å². The lowest BCUT2D eigenvalue weighted by molar-refractivity contribution is -0.124. The van der Waals surface area contributed by atoms with Gasteiger partial charge in [0.15, 0.2) is 6.61 Å². The van der Waals surface area contributed by atoms with E-state index in [1.165, 1.54) is 0 Å². The molecule has 0 fully saturated rings. The maximum atomic E-state index is 11.6. The predicted molar refractivity (Wildman–Crippen MR) is 82.6 cm³/mol. The van der Waals surface area contributed by atoms with Crippen LogP contribution in [0.5, 0.6) is 0 Å². The van der Waals surface area contributed by atoms with Gasteiger partial charge in [0.05, 0.1) is 4.34 Å². The molecule has 0 bridgehead atoms. The Balaban J connectivity index is 1.74. The van der Waals surface area contributed by atoms with Crippen LogP contribution in [0.2, 0.25) is 4.34 Å². The number of carbonyl (C=O) groups is 2. The predicted octanol–water partition coefficient (Wildman–Crippen LogP) is 3.18. The van der Waals surface area contributed by atoms with Gasteiger partial charge >= 0.3 is 5.97 Å². The van der Waals surface area contributed by atoms with E-state index in [1.807, 2.05) is 31.2 Å². The van der Waals surface area contributed by atoms with Crippen molar-refractivity contribution in [2.24, 2.45) is 0 Å². The Labute approximate surface area is 131 Å². The third-order valence-electron chi connectivity index (χ3n) is 2.72. The minimum atomic E-state index is -0.544. The Hall–Kier alpha value is -1.85. The van der Waals surface area contributed by atoms with Crippen molar-refractivity contribution < 1.29 is 14.3 Å². The lowest BCUT2D eigenvalue weighted by Gasteiger charge is -2.06. The summed E-state index contributed by atoms with van der Waals surface area (Å²) in [5, 5.41) is 2.69. The highest BCUT2D eigenvalue weighted by molar-refractivity contribution is 7.17. The van der Waals surface area contributed by atoms with E-state index < -0.39 is 5.97 Å². The summed E-state index contributed by atoms with van der Waals surface area (Å²) in [6.45, 7) is 2.10. The summed E-state index contributed by atoms with van der Waals surface area (Å²) >= 11 is 6.85. The summed E-state index contributed by atoms with van der Waals surface area (Å²) in [5.41, 5.74) is 2.15. The second-order valence-corrected chi connectivity index (χ2v) is 6.16. The first kappa shape index (κ1) is 15.5. The van der Waals surface area contributed by atoms with E-state index in [4.69, 9.17) is 16.3 Å². The van der Waals surface area contributed by atoms with Gasteiger partial charge in [0.25, 0.3) is 5.91 Å². The van der Waals surface area contributed by atoms with Crippen molar-refractivity contribution in [3.8, 4) is 0 Å². The monoisotopic (exact) mass is 323 g/mol. The fourth-order valence-electron chi connectivity index (χ4n) is 1.58. The molecule has 0 radical (unpaired) electrons. The minimum absolute atomic E-state index is 0.305. The molecule has 2 aromatic rings. The minimum Gasteiger partial charge on any atom is -0.451 e. The number of amides is 1. The summed E-state index contributed by atoms with van der Waals surface area (Å²) in [4.78, 5) is 23.6. The largest absolute Gasteiger partial charge is 0.451 e. The van der Waals surface area contributed by atoms with Crippen LogP contribution < -0.4 is 5.32 Å². The number of ether oxygens (including phenoxy) is 1. The van der Waals surface area contributed by atoms with Crippen molar-refractivity contribution in [2.75, 3.05) is 6.61 Å². The molecule has 0 saturated carbocycles. The fraction of sp³-hybridized carbons (Fsp3) is 0.200. The molecule has 2 rings (SSSR count). The van der Waals surface area contributed by atoms with E-state index in [1.54, 1.807) is 12.1 Å². The molecule has 1 N–H and O–H groups in total. The van der Waals surface area contributed by atoms with Crippen molar-refractivity contribution >= 4 is 34.8 Å². The highest BCUT2D eigenvalue weighted by atomic mass is 35.5. The average Bonchev–Trinajstić information content (AvgIpc) is 2.91. The molecule has 0 aliphatic carbocycles. The number of thiophene rings is 1. The Morgan fingerprint density at radius 3 is 2.52 bits per heavy atom. The van der Waals surface area contributed by atoms with E-state index >= 15 is 0 Å². The number of halogens is 1. The van der Waals surface area contributed by atoms with Gasteiger partial charge in [-0.25, -0.2) is 4.79 Å². The van der Waals surface area contributed by atoms with E-state index in [0.717, 1.165) is 22.5 Å². The van der Waals surface area contributed by atoms with E-state index in [9.17, 15) is 9.59 Å². The molecule has 21 heavy (non-hydrogen) atoms. The summed E-state index contributed by atoms with van der Waals surface area (Å²) in [6.07, 6.45) is 0. The smallest absolute Gasteiger partial charge is 0.348 e. The number of rotatable bonds is 5. The molecule has 0 atom stereocenters. The highest BCUT2D eigenvalue weighted by Crippen LogP contribution is 2.21. The maximum absolute atomic E-state index is 11.6. The molecule has 0 saturated heterocycles. The van der Waals surface area contributed by atoms with Crippen molar-refractivity contribution in [3.05, 3.63) is 56.7 Å². The van der Waals surface area contributed by atoms with Crippen LogP contribution in [0.4, 0.5) is 0 Å². The number of benzene rings is 1. The fourth-order valence-corrected chi connectivity index (χ4v) is 2.52. The molecule has 1 aromatic carbocycles. The highest BCUT2D eigenvalue weighted by Gasteiger charge is 2.12. The van der Waals surface area contributed by atoms with Gasteiger partial charge in [0.1, 0.15) is 4.88 Å². The van der Waals surface area contributed by atoms with Crippen molar-refractivity contribution in [1.29, 1.82) is 0 Å². The Kier molecular flexibility index (Phi) is 5.36. The van der Waals surface area contributed by atoms with Crippen molar-refractivity contribution in [2.45, 2.75) is 13.5 Å². The second-order valence-electron chi connectivity index (χ2n) is 4.44. The van der Waals surface area contributed by atoms with Crippen LogP contribution in [-0.4, -0.2) is 18.5 Å². The Morgan fingerprint density at radius 2 is 1.90 bits per heavy atom. The van der Waals surface area contributed by atoms with Crippen molar-refractivity contribution in [3.63, 3.8) is 0 Å². The van der Waals surface area contributed by atoms with Crippen LogP contribution in [0.1, 0.15) is 20.8 Å². The zero-order valence-electron chi connectivity index (χ0n) is 11.4. The van der Waals surface area contributed by atoms with E-state index in [-0.39, 0.29) is 12.5 Å². The third kappa shape index (κ3) is 4.88. The Bertz CT molecular complexity index is 637. The first-order chi connectivity index (χ1) is 10.0. The molecule has 4 nitrogen and oxygen atoms in total. The van der Waals surface area contributed by atoms with Crippen LogP contribution in [0, 0.1) is 6.92 Å². The molecule has 1 aromatic heterocycles. The Morgan fingerprint density at radius 1 is 1.19 bits per heavy atom. The number of carbonyl (C=O) groups excluding carboxylic acids is 2. The molecule has 6 heteroatoms. The van der Waals surface area contributed by atoms with Crippen LogP contribution in [0.25, 0.3) is 0 Å². The van der Waals surface area contributed by atoms with Gasteiger partial charge in [-0.2, -0.15) is 0 Å². The molecule has 0 unspecified atom stereocenters. The van der Waals surface area contributed by atoms with E-state index in [2.05, 4.69) is 5.32 Å². The first-order valence-electron chi connectivity index (χ1n) is 6.29. The summed E-state index contributed by atoms with van der Waals surface area (Å²) in [6, 6.07) is 11.0. The SMILES string of the molecule is Cc1ccc(CNC(=O)COC(=O)c2ccc(Cl)s2)cc1. The molecular formula is C15H14ClNO3S. The number of aryl methyl sites for hydroxylation is 1. The van der Waals surface area contributed by atoms with Gasteiger partial charge in [-0.05, 0) is 24.6 Å². The van der Waals surface area contributed by atoms with Gasteiger partial charge < -0.3 is 10.1 Å². The van der Waals surface area contributed by atoms with Crippen LogP contribution in [-0.2, 0) is 16.1 Å². The molecule has 1 heterocycles.